The number of benzene rings is 2. The van der Waals surface area contributed by atoms with Crippen LogP contribution in [0.3, 0.4) is 0 Å². The van der Waals surface area contributed by atoms with E-state index in [2.05, 4.69) is 0 Å². The lowest BCUT2D eigenvalue weighted by atomic mass is 9.90. The number of nitrogens with zero attached hydrogens (tertiary/aromatic N) is 2. The minimum atomic E-state index is -0.508. The zero-order valence-electron chi connectivity index (χ0n) is 15.6. The summed E-state index contributed by atoms with van der Waals surface area (Å²) in [5.41, 5.74) is 1.27. The summed E-state index contributed by atoms with van der Waals surface area (Å²) in [6.45, 7) is 1.73. The van der Waals surface area contributed by atoms with Gasteiger partial charge in [0.1, 0.15) is 12.2 Å². The molecular weight excluding hydrogens is 376 g/mol. The molecule has 2 aliphatic heterocycles. The molecule has 0 N–H and O–H groups in total. The third-order valence-corrected chi connectivity index (χ3v) is 5.69. The SMILES string of the molecule is O=C(Cc1cccc(Cl)c1)N1CCCC2(C1)CN(c1ccccc1)C(=O)CO2. The number of anilines is 1. The Kier molecular flexibility index (Phi) is 5.38. The number of morpholine rings is 1. The molecule has 0 saturated carbocycles. The van der Waals surface area contributed by atoms with E-state index in [0.717, 1.165) is 24.1 Å². The lowest BCUT2D eigenvalue weighted by Gasteiger charge is -2.47. The molecular formula is C22H23ClN2O3. The van der Waals surface area contributed by atoms with E-state index in [9.17, 15) is 9.59 Å². The maximum Gasteiger partial charge on any atom is 0.253 e. The highest BCUT2D eigenvalue weighted by Gasteiger charge is 2.44. The van der Waals surface area contributed by atoms with Crippen molar-refractivity contribution in [2.45, 2.75) is 24.9 Å². The van der Waals surface area contributed by atoms with Gasteiger partial charge >= 0.3 is 0 Å². The van der Waals surface area contributed by atoms with Crippen LogP contribution >= 0.6 is 11.6 Å². The van der Waals surface area contributed by atoms with E-state index >= 15 is 0 Å². The zero-order chi connectivity index (χ0) is 19.6. The van der Waals surface area contributed by atoms with Crippen LogP contribution in [0.5, 0.6) is 0 Å². The molecule has 4 rings (SSSR count). The van der Waals surface area contributed by atoms with Gasteiger partial charge in [-0.1, -0.05) is 41.9 Å². The zero-order valence-corrected chi connectivity index (χ0v) is 16.4. The molecule has 1 spiro atoms. The number of para-hydroxylation sites is 1. The normalized spacial score (nSPS) is 22.5. The van der Waals surface area contributed by atoms with Crippen LogP contribution in [0.4, 0.5) is 5.69 Å². The number of carbonyl (C=O) groups excluding carboxylic acids is 2. The van der Waals surface area contributed by atoms with Gasteiger partial charge in [-0.15, -0.1) is 0 Å². The smallest absolute Gasteiger partial charge is 0.253 e. The molecule has 2 heterocycles. The summed E-state index contributed by atoms with van der Waals surface area (Å²) in [5, 5.41) is 0.632. The van der Waals surface area contributed by atoms with Crippen molar-refractivity contribution >= 4 is 29.1 Å². The molecule has 146 valence electrons. The van der Waals surface area contributed by atoms with Crippen LogP contribution in [0, 0.1) is 0 Å². The Morgan fingerprint density at radius 1 is 1.11 bits per heavy atom. The quantitative estimate of drug-likeness (QED) is 0.797. The van der Waals surface area contributed by atoms with Gasteiger partial charge in [-0.3, -0.25) is 9.59 Å². The minimum absolute atomic E-state index is 0.0424. The van der Waals surface area contributed by atoms with Gasteiger partial charge in [0, 0.05) is 17.3 Å². The predicted molar refractivity (Wildman–Crippen MR) is 108 cm³/mol. The molecule has 2 fully saturated rings. The first-order valence-corrected chi connectivity index (χ1v) is 9.94. The lowest BCUT2D eigenvalue weighted by Crippen LogP contribution is -2.62. The lowest BCUT2D eigenvalue weighted by molar-refractivity contribution is -0.153. The number of rotatable bonds is 3. The van der Waals surface area contributed by atoms with Gasteiger partial charge in [0.15, 0.2) is 0 Å². The molecule has 2 aromatic carbocycles. The molecule has 1 atom stereocenters. The Morgan fingerprint density at radius 3 is 2.71 bits per heavy atom. The number of ether oxygens (including phenoxy) is 1. The Hall–Kier alpha value is -2.37. The first kappa shape index (κ1) is 19.0. The van der Waals surface area contributed by atoms with Crippen LogP contribution in [-0.2, 0) is 20.7 Å². The number of hydrogen-bond donors (Lipinski definition) is 0. The van der Waals surface area contributed by atoms with E-state index in [0.29, 0.717) is 31.1 Å². The number of carbonyl (C=O) groups is 2. The second-order valence-electron chi connectivity index (χ2n) is 7.51. The fourth-order valence-electron chi connectivity index (χ4n) is 4.05. The molecule has 2 saturated heterocycles. The van der Waals surface area contributed by atoms with Crippen molar-refractivity contribution in [3.63, 3.8) is 0 Å². The van der Waals surface area contributed by atoms with Crippen molar-refractivity contribution in [2.24, 2.45) is 0 Å². The summed E-state index contributed by atoms with van der Waals surface area (Å²) >= 11 is 6.04. The van der Waals surface area contributed by atoms with Crippen LogP contribution in [0.2, 0.25) is 5.02 Å². The van der Waals surface area contributed by atoms with E-state index < -0.39 is 5.60 Å². The van der Waals surface area contributed by atoms with Crippen molar-refractivity contribution < 1.29 is 14.3 Å². The summed E-state index contributed by atoms with van der Waals surface area (Å²) in [6.07, 6.45) is 2.01. The molecule has 28 heavy (non-hydrogen) atoms. The van der Waals surface area contributed by atoms with E-state index in [-0.39, 0.29) is 18.4 Å². The first-order valence-electron chi connectivity index (χ1n) is 9.56. The molecule has 5 nitrogen and oxygen atoms in total. The predicted octanol–water partition coefficient (Wildman–Crippen LogP) is 3.31. The maximum absolute atomic E-state index is 12.9. The Bertz CT molecular complexity index is 873. The number of likely N-dealkylation sites (tertiary alicyclic amines) is 1. The highest BCUT2D eigenvalue weighted by molar-refractivity contribution is 6.30. The van der Waals surface area contributed by atoms with Crippen LogP contribution in [0.25, 0.3) is 0 Å². The van der Waals surface area contributed by atoms with Crippen molar-refractivity contribution in [2.75, 3.05) is 31.1 Å². The molecule has 2 aliphatic rings. The molecule has 0 radical (unpaired) electrons. The topological polar surface area (TPSA) is 49.9 Å². The van der Waals surface area contributed by atoms with Crippen molar-refractivity contribution in [3.05, 3.63) is 65.2 Å². The maximum atomic E-state index is 12.9. The number of hydrogen-bond acceptors (Lipinski definition) is 3. The van der Waals surface area contributed by atoms with Crippen LogP contribution < -0.4 is 4.90 Å². The summed E-state index contributed by atoms with van der Waals surface area (Å²) in [6, 6.07) is 17.0. The van der Waals surface area contributed by atoms with E-state index in [1.54, 1.807) is 11.0 Å². The molecule has 0 bridgehead atoms. The van der Waals surface area contributed by atoms with Gasteiger partial charge in [0.2, 0.25) is 5.91 Å². The first-order chi connectivity index (χ1) is 13.5. The fraction of sp³-hybridized carbons (Fsp3) is 0.364. The van der Waals surface area contributed by atoms with E-state index in [4.69, 9.17) is 16.3 Å². The average molecular weight is 399 g/mol. The summed E-state index contributed by atoms with van der Waals surface area (Å²) in [7, 11) is 0. The second kappa shape index (κ2) is 7.94. The van der Waals surface area contributed by atoms with Gasteiger partial charge in [0.25, 0.3) is 5.91 Å². The summed E-state index contributed by atoms with van der Waals surface area (Å²) in [5.74, 6) is 0.0207. The van der Waals surface area contributed by atoms with Gasteiger partial charge < -0.3 is 14.5 Å². The highest BCUT2D eigenvalue weighted by Crippen LogP contribution is 2.32. The van der Waals surface area contributed by atoms with Crippen molar-refractivity contribution in [1.29, 1.82) is 0 Å². The number of amides is 2. The molecule has 6 heteroatoms. The second-order valence-corrected chi connectivity index (χ2v) is 7.95. The van der Waals surface area contributed by atoms with E-state index in [1.165, 1.54) is 0 Å². The highest BCUT2D eigenvalue weighted by atomic mass is 35.5. The Labute approximate surface area is 169 Å². The summed E-state index contributed by atoms with van der Waals surface area (Å²) in [4.78, 5) is 28.9. The molecule has 2 amide bonds. The van der Waals surface area contributed by atoms with Crippen molar-refractivity contribution in [3.8, 4) is 0 Å². The molecule has 0 aromatic heterocycles. The van der Waals surface area contributed by atoms with Gasteiger partial charge in [-0.2, -0.15) is 0 Å². The number of halogens is 1. The fourth-order valence-corrected chi connectivity index (χ4v) is 4.26. The van der Waals surface area contributed by atoms with Gasteiger partial charge in [-0.05, 0) is 42.7 Å². The van der Waals surface area contributed by atoms with E-state index in [1.807, 2.05) is 53.4 Å². The monoisotopic (exact) mass is 398 g/mol. The standard InChI is InChI=1S/C22H23ClN2O3/c23-18-7-4-6-17(12-18)13-20(26)24-11-5-10-22(15-24)16-25(21(27)14-28-22)19-8-2-1-3-9-19/h1-4,6-9,12H,5,10-11,13-16H2. The molecule has 1 unspecified atom stereocenters. The number of piperidine rings is 1. The van der Waals surface area contributed by atoms with Gasteiger partial charge in [-0.25, -0.2) is 0 Å². The van der Waals surface area contributed by atoms with Crippen molar-refractivity contribution in [1.82, 2.24) is 4.90 Å². The minimum Gasteiger partial charge on any atom is -0.361 e. The van der Waals surface area contributed by atoms with Crippen LogP contribution in [0.15, 0.2) is 54.6 Å². The molecule has 0 aliphatic carbocycles. The largest absolute Gasteiger partial charge is 0.361 e. The van der Waals surface area contributed by atoms with Gasteiger partial charge in [0.05, 0.1) is 19.5 Å². The van der Waals surface area contributed by atoms with Crippen LogP contribution in [0.1, 0.15) is 18.4 Å². The Balaban J connectivity index is 1.48. The summed E-state index contributed by atoms with van der Waals surface area (Å²) < 4.78 is 6.01. The Morgan fingerprint density at radius 2 is 1.93 bits per heavy atom. The third-order valence-electron chi connectivity index (χ3n) is 5.45. The average Bonchev–Trinajstić information content (AvgIpc) is 2.71. The third kappa shape index (κ3) is 4.05. The molecule has 2 aromatic rings. The van der Waals surface area contributed by atoms with Crippen LogP contribution in [-0.4, -0.2) is 48.6 Å².